The molecule has 3 aromatic heterocycles. The van der Waals surface area contributed by atoms with Crippen LogP contribution < -0.4 is 20.4 Å². The number of hydrogen-bond acceptors (Lipinski definition) is 12. The van der Waals surface area contributed by atoms with E-state index in [1.807, 2.05) is 68.6 Å². The van der Waals surface area contributed by atoms with Crippen molar-refractivity contribution in [2.24, 2.45) is 13.0 Å². The van der Waals surface area contributed by atoms with Crippen LogP contribution in [0.2, 0.25) is 0 Å². The number of imide groups is 1. The van der Waals surface area contributed by atoms with E-state index >= 15 is 0 Å². The van der Waals surface area contributed by atoms with Crippen LogP contribution in [0.25, 0.3) is 16.6 Å². The number of nitrogens with zero attached hydrogens (tertiary/aromatic N) is 9. The monoisotopic (exact) mass is 907 g/mol. The zero-order chi connectivity index (χ0) is 45.9. The molecule has 5 aromatic rings. The maximum absolute atomic E-state index is 14.0. The van der Waals surface area contributed by atoms with Crippen LogP contribution in [0.3, 0.4) is 0 Å². The Labute approximate surface area is 389 Å². The number of carbonyl (C=O) groups is 4. The minimum Gasteiger partial charge on any atom is -0.376 e. The predicted octanol–water partition coefficient (Wildman–Crippen LogP) is 4.48. The van der Waals surface area contributed by atoms with Crippen molar-refractivity contribution in [3.05, 3.63) is 76.7 Å². The molecule has 2 bridgehead atoms. The number of piperidine rings is 2. The fourth-order valence-electron chi connectivity index (χ4n) is 11.4. The van der Waals surface area contributed by atoms with Crippen molar-refractivity contribution in [2.45, 2.75) is 94.5 Å². The first-order valence-electron chi connectivity index (χ1n) is 23.9. The van der Waals surface area contributed by atoms with Gasteiger partial charge in [-0.05, 0) is 87.1 Å². The molecule has 1 aliphatic carbocycles. The number of nitrogens with one attached hydrogen (secondary N) is 2. The molecule has 11 rings (SSSR count). The summed E-state index contributed by atoms with van der Waals surface area (Å²) in [6.07, 6.45) is 11.6. The highest BCUT2D eigenvalue weighted by molar-refractivity contribution is 6.10. The van der Waals surface area contributed by atoms with Gasteiger partial charge in [0.1, 0.15) is 18.0 Å². The van der Waals surface area contributed by atoms with Gasteiger partial charge in [0.25, 0.3) is 11.8 Å². The summed E-state index contributed by atoms with van der Waals surface area (Å²) in [5.41, 5.74) is 6.35. The van der Waals surface area contributed by atoms with Crippen molar-refractivity contribution in [1.29, 1.82) is 0 Å². The minimum atomic E-state index is -0.458. The lowest BCUT2D eigenvalue weighted by Crippen LogP contribution is -2.42. The molecule has 17 nitrogen and oxygen atoms in total. The Balaban J connectivity index is 0.657. The average Bonchev–Trinajstić information content (AvgIpc) is 4.18. The van der Waals surface area contributed by atoms with Crippen molar-refractivity contribution >= 4 is 57.4 Å². The second kappa shape index (κ2) is 17.7. The second-order valence-corrected chi connectivity index (χ2v) is 19.4. The van der Waals surface area contributed by atoms with Gasteiger partial charge in [-0.2, -0.15) is 10.2 Å². The molecule has 1 saturated carbocycles. The van der Waals surface area contributed by atoms with Crippen LogP contribution in [-0.2, 0) is 32.7 Å². The molecule has 5 aliphatic heterocycles. The molecular weight excluding hydrogens is 851 g/mol. The first-order chi connectivity index (χ1) is 32.5. The Bertz CT molecular complexity index is 2840. The van der Waals surface area contributed by atoms with Gasteiger partial charge in [-0.3, -0.25) is 29.2 Å². The molecule has 17 heteroatoms. The largest absolute Gasteiger partial charge is 0.376 e. The molecule has 5 fully saturated rings. The number of aromatic nitrogens is 5. The highest BCUT2D eigenvalue weighted by atomic mass is 16.5. The molecule has 4 saturated heterocycles. The van der Waals surface area contributed by atoms with Gasteiger partial charge in [-0.25, -0.2) is 9.50 Å². The fraction of sp³-hybridized carbons (Fsp3) is 0.500. The van der Waals surface area contributed by atoms with E-state index in [9.17, 15) is 19.2 Å². The first-order valence-corrected chi connectivity index (χ1v) is 23.9. The number of amides is 4. The highest BCUT2D eigenvalue weighted by Crippen LogP contribution is 2.39. The highest BCUT2D eigenvalue weighted by Gasteiger charge is 2.40. The van der Waals surface area contributed by atoms with Gasteiger partial charge in [0.05, 0.1) is 65.1 Å². The van der Waals surface area contributed by atoms with Crippen molar-refractivity contribution in [1.82, 2.24) is 39.5 Å². The van der Waals surface area contributed by atoms with E-state index in [0.717, 1.165) is 105 Å². The zero-order valence-corrected chi connectivity index (χ0v) is 38.4. The van der Waals surface area contributed by atoms with Gasteiger partial charge in [-0.1, -0.05) is 24.0 Å². The number of ether oxygens (including phenoxy) is 2. The van der Waals surface area contributed by atoms with E-state index in [1.165, 1.54) is 0 Å². The van der Waals surface area contributed by atoms with Crippen LogP contribution in [-0.4, -0.2) is 136 Å². The Morgan fingerprint density at radius 2 is 1.85 bits per heavy atom. The number of rotatable bonds is 10. The number of para-hydroxylation sites is 1. The van der Waals surface area contributed by atoms with E-state index in [0.29, 0.717) is 72.7 Å². The van der Waals surface area contributed by atoms with Gasteiger partial charge >= 0.3 is 0 Å². The van der Waals surface area contributed by atoms with E-state index in [1.54, 1.807) is 15.4 Å². The van der Waals surface area contributed by atoms with E-state index in [4.69, 9.17) is 14.5 Å². The summed E-state index contributed by atoms with van der Waals surface area (Å²) in [6.45, 7) is 5.42. The number of likely N-dealkylation sites (tertiary alicyclic amines) is 1. The summed E-state index contributed by atoms with van der Waals surface area (Å²) < 4.78 is 15.4. The van der Waals surface area contributed by atoms with Crippen LogP contribution in [0.4, 0.5) is 17.2 Å². The number of carbonyl (C=O) groups excluding carboxylic acids is 4. The molecule has 3 atom stereocenters. The number of aryl methyl sites for hydroxylation is 1. The summed E-state index contributed by atoms with van der Waals surface area (Å²) in [7, 11) is 5.71. The van der Waals surface area contributed by atoms with Crippen LogP contribution in [0, 0.1) is 17.8 Å². The van der Waals surface area contributed by atoms with Gasteiger partial charge in [0.2, 0.25) is 11.8 Å². The van der Waals surface area contributed by atoms with E-state index in [2.05, 4.69) is 47.4 Å². The van der Waals surface area contributed by atoms with Crippen LogP contribution in [0.15, 0.2) is 48.8 Å². The predicted molar refractivity (Wildman–Crippen MR) is 251 cm³/mol. The Hall–Kier alpha value is -6.35. The third-order valence-electron chi connectivity index (χ3n) is 15.0. The molecule has 2 aromatic carbocycles. The molecular formula is C50H57N11O6. The average molecular weight is 908 g/mol. The Morgan fingerprint density at radius 1 is 1.01 bits per heavy atom. The summed E-state index contributed by atoms with van der Waals surface area (Å²) >= 11 is 0. The summed E-state index contributed by atoms with van der Waals surface area (Å²) in [5, 5.41) is 15.6. The number of hydrogen-bond donors (Lipinski definition) is 2. The fourth-order valence-corrected chi connectivity index (χ4v) is 11.4. The molecule has 0 spiro atoms. The lowest BCUT2D eigenvalue weighted by Gasteiger charge is -2.38. The number of benzene rings is 2. The van der Waals surface area contributed by atoms with Gasteiger partial charge in [0, 0.05) is 83.5 Å². The van der Waals surface area contributed by atoms with Crippen LogP contribution >= 0.6 is 0 Å². The van der Waals surface area contributed by atoms with Gasteiger partial charge in [-0.15, -0.1) is 0 Å². The van der Waals surface area contributed by atoms with Gasteiger partial charge < -0.3 is 34.4 Å². The molecule has 4 amide bonds. The SMILES string of the molecule is CN(C)c1cc2c(cc1NC(=O)c1cnn3ccc(N4C[C@H]5C[C@@H]4CO5)nc13)CN(C1CCC(CN3CCC(OCC#Cc4cccc5c(C6CCC(=O)NC6=O)nn(C)c45)CC3)CC1)C2=O. The maximum atomic E-state index is 14.0. The van der Waals surface area contributed by atoms with Crippen LogP contribution in [0.5, 0.6) is 0 Å². The van der Waals surface area contributed by atoms with Crippen molar-refractivity contribution in [3.63, 3.8) is 0 Å². The normalized spacial score (nSPS) is 24.3. The zero-order valence-electron chi connectivity index (χ0n) is 38.4. The smallest absolute Gasteiger partial charge is 0.261 e. The van der Waals surface area contributed by atoms with Crippen molar-refractivity contribution in [2.75, 3.05) is 68.6 Å². The number of morpholine rings is 1. The van der Waals surface area contributed by atoms with Crippen molar-refractivity contribution < 1.29 is 28.7 Å². The Morgan fingerprint density at radius 3 is 2.61 bits per heavy atom. The van der Waals surface area contributed by atoms with E-state index < -0.39 is 5.92 Å². The lowest BCUT2D eigenvalue weighted by atomic mass is 9.84. The summed E-state index contributed by atoms with van der Waals surface area (Å²) in [6, 6.07) is 12.2. The van der Waals surface area contributed by atoms with E-state index in [-0.39, 0.29) is 41.9 Å². The first kappa shape index (κ1) is 43.2. The topological polar surface area (TPSA) is 172 Å². The molecule has 348 valence electrons. The summed E-state index contributed by atoms with van der Waals surface area (Å²) in [4.78, 5) is 66.0. The quantitative estimate of drug-likeness (QED) is 0.149. The lowest BCUT2D eigenvalue weighted by molar-refractivity contribution is -0.134. The standard InChI is InChI=1S/C50H57N11O6/c1-56(2)42-24-39-32(22-41(42)52-49(64)40-25-51-61-20-17-43(53-47(40)61)59-28-36-23-34(59)29-67-36)27-60(50(39)65)33-11-9-30(10-12-33)26-58-18-15-35(16-19-58)66-21-5-7-31-6-4-8-37-45(55-57(3)46(31)37)38-13-14-44(62)54-48(38)63/h4,6,8,17,20,22,24-25,30,33-36,38H,9-16,18-19,21,23,26-29H2,1-3H3,(H,52,64)(H,54,62,63)/t30?,33?,34-,36-,38?/m1/s1. The number of fused-ring (bicyclic) bond motifs is 5. The van der Waals surface area contributed by atoms with Crippen molar-refractivity contribution in [3.8, 4) is 11.8 Å². The van der Waals surface area contributed by atoms with Gasteiger partial charge in [0.15, 0.2) is 5.65 Å². The molecule has 1 unspecified atom stereocenters. The third-order valence-corrected chi connectivity index (χ3v) is 15.0. The Kier molecular flexibility index (Phi) is 11.4. The molecule has 0 radical (unpaired) electrons. The molecule has 6 aliphatic rings. The van der Waals surface area contributed by atoms with Crippen LogP contribution in [0.1, 0.15) is 101 Å². The second-order valence-electron chi connectivity index (χ2n) is 19.4. The molecule has 8 heterocycles. The minimum absolute atomic E-state index is 0.0690. The maximum Gasteiger partial charge on any atom is 0.261 e. The number of anilines is 3. The summed E-state index contributed by atoms with van der Waals surface area (Å²) in [5.74, 6) is 6.70. The molecule has 67 heavy (non-hydrogen) atoms. The third kappa shape index (κ3) is 8.29. The molecule has 2 N–H and O–H groups in total.